The number of carbonyl (C=O) groups is 2. The van der Waals surface area contributed by atoms with Crippen molar-refractivity contribution in [2.45, 2.75) is 6.92 Å². The van der Waals surface area contributed by atoms with Crippen molar-refractivity contribution in [1.82, 2.24) is 9.80 Å². The van der Waals surface area contributed by atoms with E-state index in [0.717, 1.165) is 5.56 Å². The zero-order valence-electron chi connectivity index (χ0n) is 17.4. The lowest BCUT2D eigenvalue weighted by molar-refractivity contribution is -0.127. The Morgan fingerprint density at radius 3 is 2.23 bits per heavy atom. The van der Waals surface area contributed by atoms with Crippen LogP contribution in [0, 0.1) is 0 Å². The van der Waals surface area contributed by atoms with E-state index in [1.807, 2.05) is 25.1 Å². The molecule has 31 heavy (non-hydrogen) atoms. The standard InChI is InChI=1S/C23H24Cl2N2O4/c1-3-31-20-6-4-16(12-21(20)30-2)5-7-22(28)26-8-10-27(11-9-26)23(29)17-13-18(24)15-19(25)14-17/h4-7,12-15H,3,8-11H2,1-2H3/b7-5+. The second-order valence-electron chi connectivity index (χ2n) is 6.95. The molecule has 164 valence electrons. The molecule has 0 bridgehead atoms. The van der Waals surface area contributed by atoms with E-state index < -0.39 is 0 Å². The van der Waals surface area contributed by atoms with Gasteiger partial charge in [0.25, 0.3) is 5.91 Å². The van der Waals surface area contributed by atoms with E-state index in [4.69, 9.17) is 32.7 Å². The Morgan fingerprint density at radius 1 is 0.968 bits per heavy atom. The minimum Gasteiger partial charge on any atom is -0.493 e. The van der Waals surface area contributed by atoms with Crippen molar-refractivity contribution in [1.29, 1.82) is 0 Å². The van der Waals surface area contributed by atoms with Gasteiger partial charge in [-0.3, -0.25) is 9.59 Å². The maximum atomic E-state index is 12.7. The van der Waals surface area contributed by atoms with Gasteiger partial charge in [0.2, 0.25) is 5.91 Å². The van der Waals surface area contributed by atoms with Crippen molar-refractivity contribution in [3.63, 3.8) is 0 Å². The highest BCUT2D eigenvalue weighted by atomic mass is 35.5. The average Bonchev–Trinajstić information content (AvgIpc) is 2.77. The summed E-state index contributed by atoms with van der Waals surface area (Å²) in [5.74, 6) is 1.03. The van der Waals surface area contributed by atoms with Crippen molar-refractivity contribution < 1.29 is 19.1 Å². The molecule has 6 nitrogen and oxygen atoms in total. The van der Waals surface area contributed by atoms with Crippen LogP contribution >= 0.6 is 23.2 Å². The zero-order chi connectivity index (χ0) is 22.4. The van der Waals surface area contributed by atoms with Crippen molar-refractivity contribution in [3.8, 4) is 11.5 Å². The predicted octanol–water partition coefficient (Wildman–Crippen LogP) is 4.40. The van der Waals surface area contributed by atoms with Gasteiger partial charge in [0.05, 0.1) is 13.7 Å². The summed E-state index contributed by atoms with van der Waals surface area (Å²) in [6, 6.07) is 10.3. The zero-order valence-corrected chi connectivity index (χ0v) is 18.9. The van der Waals surface area contributed by atoms with E-state index in [1.165, 1.54) is 6.08 Å². The van der Waals surface area contributed by atoms with Crippen LogP contribution in [0.4, 0.5) is 0 Å². The Kier molecular flexibility index (Phi) is 7.82. The van der Waals surface area contributed by atoms with Crippen LogP contribution in [0.25, 0.3) is 6.08 Å². The smallest absolute Gasteiger partial charge is 0.254 e. The lowest BCUT2D eigenvalue weighted by Crippen LogP contribution is -2.50. The van der Waals surface area contributed by atoms with Gasteiger partial charge in [-0.15, -0.1) is 0 Å². The lowest BCUT2D eigenvalue weighted by Gasteiger charge is -2.34. The minimum absolute atomic E-state index is 0.106. The fraction of sp³-hybridized carbons (Fsp3) is 0.304. The first-order valence-electron chi connectivity index (χ1n) is 9.94. The first kappa shape index (κ1) is 23.0. The first-order chi connectivity index (χ1) is 14.9. The molecule has 1 heterocycles. The van der Waals surface area contributed by atoms with Gasteiger partial charge in [0.15, 0.2) is 11.5 Å². The van der Waals surface area contributed by atoms with Gasteiger partial charge in [-0.1, -0.05) is 29.3 Å². The summed E-state index contributed by atoms with van der Waals surface area (Å²) in [5.41, 5.74) is 1.28. The van der Waals surface area contributed by atoms with Crippen LogP contribution in [0.2, 0.25) is 10.0 Å². The number of hydrogen-bond acceptors (Lipinski definition) is 4. The Hall–Kier alpha value is -2.70. The minimum atomic E-state index is -0.145. The number of nitrogens with zero attached hydrogens (tertiary/aromatic N) is 2. The number of methoxy groups -OCH3 is 1. The number of benzene rings is 2. The van der Waals surface area contributed by atoms with E-state index in [-0.39, 0.29) is 11.8 Å². The monoisotopic (exact) mass is 462 g/mol. The first-order valence-corrected chi connectivity index (χ1v) is 10.7. The number of carbonyl (C=O) groups excluding carboxylic acids is 2. The van der Waals surface area contributed by atoms with Crippen LogP contribution in [-0.2, 0) is 4.79 Å². The second kappa shape index (κ2) is 10.6. The number of hydrogen-bond donors (Lipinski definition) is 0. The lowest BCUT2D eigenvalue weighted by atomic mass is 10.1. The number of rotatable bonds is 6. The van der Waals surface area contributed by atoms with E-state index in [1.54, 1.807) is 41.2 Å². The van der Waals surface area contributed by atoms with Crippen LogP contribution < -0.4 is 9.47 Å². The molecule has 2 aromatic rings. The highest BCUT2D eigenvalue weighted by Crippen LogP contribution is 2.28. The van der Waals surface area contributed by atoms with Gasteiger partial charge < -0.3 is 19.3 Å². The van der Waals surface area contributed by atoms with E-state index in [0.29, 0.717) is 59.9 Å². The molecule has 0 spiro atoms. The van der Waals surface area contributed by atoms with Crippen LogP contribution in [0.3, 0.4) is 0 Å². The van der Waals surface area contributed by atoms with Gasteiger partial charge in [0.1, 0.15) is 0 Å². The summed E-state index contributed by atoms with van der Waals surface area (Å²) in [5, 5.41) is 0.835. The van der Waals surface area contributed by atoms with E-state index in [9.17, 15) is 9.59 Å². The molecule has 1 aliphatic rings. The fourth-order valence-electron chi connectivity index (χ4n) is 3.33. The van der Waals surface area contributed by atoms with Gasteiger partial charge in [-0.05, 0) is 48.9 Å². The van der Waals surface area contributed by atoms with Crippen molar-refractivity contribution >= 4 is 41.1 Å². The van der Waals surface area contributed by atoms with Crippen LogP contribution in [0.5, 0.6) is 11.5 Å². The van der Waals surface area contributed by atoms with Crippen molar-refractivity contribution in [2.24, 2.45) is 0 Å². The fourth-order valence-corrected chi connectivity index (χ4v) is 3.85. The molecule has 0 radical (unpaired) electrons. The molecule has 0 N–H and O–H groups in total. The Balaban J connectivity index is 1.58. The molecule has 0 unspecified atom stereocenters. The molecular weight excluding hydrogens is 439 g/mol. The summed E-state index contributed by atoms with van der Waals surface area (Å²) >= 11 is 12.0. The molecule has 1 saturated heterocycles. The molecule has 0 atom stereocenters. The van der Waals surface area contributed by atoms with E-state index in [2.05, 4.69) is 0 Å². The van der Waals surface area contributed by atoms with E-state index >= 15 is 0 Å². The molecule has 0 aliphatic carbocycles. The third-order valence-corrected chi connectivity index (χ3v) is 5.33. The normalized spacial score (nSPS) is 14.1. The summed E-state index contributed by atoms with van der Waals surface area (Å²) in [6.45, 7) is 4.25. The number of halogens is 2. The molecule has 0 saturated carbocycles. The quantitative estimate of drug-likeness (QED) is 0.596. The SMILES string of the molecule is CCOc1ccc(/C=C/C(=O)N2CCN(C(=O)c3cc(Cl)cc(Cl)c3)CC2)cc1OC. The van der Waals surface area contributed by atoms with Crippen LogP contribution in [-0.4, -0.2) is 61.5 Å². The highest BCUT2D eigenvalue weighted by Gasteiger charge is 2.24. The van der Waals surface area contributed by atoms with Crippen LogP contribution in [0.15, 0.2) is 42.5 Å². The topological polar surface area (TPSA) is 59.1 Å². The van der Waals surface area contributed by atoms with Crippen LogP contribution in [0.1, 0.15) is 22.8 Å². The summed E-state index contributed by atoms with van der Waals surface area (Å²) in [4.78, 5) is 28.7. The molecule has 0 aromatic heterocycles. The molecule has 3 rings (SSSR count). The number of piperazine rings is 1. The molecule has 1 fully saturated rings. The average molecular weight is 463 g/mol. The van der Waals surface area contributed by atoms with Gasteiger partial charge >= 0.3 is 0 Å². The molecule has 1 aliphatic heterocycles. The molecule has 2 aromatic carbocycles. The molecule has 2 amide bonds. The third-order valence-electron chi connectivity index (χ3n) is 4.89. The van der Waals surface area contributed by atoms with Crippen molar-refractivity contribution in [3.05, 3.63) is 63.6 Å². The van der Waals surface area contributed by atoms with Gasteiger partial charge in [-0.25, -0.2) is 0 Å². The largest absolute Gasteiger partial charge is 0.493 e. The predicted molar refractivity (Wildman–Crippen MR) is 122 cm³/mol. The van der Waals surface area contributed by atoms with Gasteiger partial charge in [0, 0.05) is 47.9 Å². The Bertz CT molecular complexity index is 965. The molecule has 8 heteroatoms. The number of ether oxygens (including phenoxy) is 2. The third kappa shape index (κ3) is 5.93. The van der Waals surface area contributed by atoms with Crippen molar-refractivity contribution in [2.75, 3.05) is 39.9 Å². The molecular formula is C23H24Cl2N2O4. The maximum Gasteiger partial charge on any atom is 0.254 e. The summed E-state index contributed by atoms with van der Waals surface area (Å²) in [6.07, 6.45) is 3.27. The second-order valence-corrected chi connectivity index (χ2v) is 7.83. The summed E-state index contributed by atoms with van der Waals surface area (Å²) in [7, 11) is 1.58. The van der Waals surface area contributed by atoms with Gasteiger partial charge in [-0.2, -0.15) is 0 Å². The summed E-state index contributed by atoms with van der Waals surface area (Å²) < 4.78 is 10.8. The number of amides is 2. The maximum absolute atomic E-state index is 12.7. The highest BCUT2D eigenvalue weighted by molar-refractivity contribution is 6.35. The Labute approximate surface area is 191 Å². The Morgan fingerprint density at radius 2 is 1.61 bits per heavy atom.